The van der Waals surface area contributed by atoms with Gasteiger partial charge in [-0.25, -0.2) is 0 Å². The van der Waals surface area contributed by atoms with Gasteiger partial charge in [0.25, 0.3) is 5.91 Å². The van der Waals surface area contributed by atoms with Gasteiger partial charge in [0.15, 0.2) is 12.6 Å². The van der Waals surface area contributed by atoms with Crippen LogP contribution >= 0.6 is 35.6 Å². The van der Waals surface area contributed by atoms with Gasteiger partial charge in [-0.2, -0.15) is 0 Å². The molecule has 0 aromatic heterocycles. The third-order valence-corrected chi connectivity index (χ3v) is 5.18. The number of nitrogens with zero attached hydrogens (tertiary/aromatic N) is 2. The third-order valence-electron chi connectivity index (χ3n) is 4.83. The summed E-state index contributed by atoms with van der Waals surface area (Å²) in [5, 5.41) is 7.26. The van der Waals surface area contributed by atoms with Crippen molar-refractivity contribution >= 4 is 53.1 Å². The highest BCUT2D eigenvalue weighted by Gasteiger charge is 2.24. The molecule has 1 amide bonds. The van der Waals surface area contributed by atoms with Crippen LogP contribution in [-0.4, -0.2) is 52.3 Å². The second-order valence-corrected chi connectivity index (χ2v) is 7.20. The van der Waals surface area contributed by atoms with E-state index in [0.717, 1.165) is 35.6 Å². The molecule has 7 nitrogen and oxygen atoms in total. The molecule has 2 aromatic rings. The summed E-state index contributed by atoms with van der Waals surface area (Å²) in [4.78, 5) is 18.2. The van der Waals surface area contributed by atoms with Crippen molar-refractivity contribution in [3.05, 3.63) is 53.1 Å². The van der Waals surface area contributed by atoms with E-state index in [-0.39, 0.29) is 36.5 Å². The highest BCUT2D eigenvalue weighted by Crippen LogP contribution is 2.31. The highest BCUT2D eigenvalue weighted by molar-refractivity contribution is 14.0. The number of benzene rings is 2. The molecular formula is C22H28ClIN4O3. The summed E-state index contributed by atoms with van der Waals surface area (Å²) < 4.78 is 10.7. The molecule has 1 aliphatic heterocycles. The maximum absolute atomic E-state index is 12.2. The molecule has 0 aliphatic carbocycles. The molecule has 2 aromatic carbocycles. The largest absolute Gasteiger partial charge is 0.497 e. The van der Waals surface area contributed by atoms with E-state index in [0.29, 0.717) is 30.6 Å². The molecule has 168 valence electrons. The zero-order chi connectivity index (χ0) is 21.3. The van der Waals surface area contributed by atoms with Gasteiger partial charge in [0.2, 0.25) is 0 Å². The van der Waals surface area contributed by atoms with E-state index < -0.39 is 0 Å². The van der Waals surface area contributed by atoms with E-state index in [2.05, 4.69) is 15.6 Å². The van der Waals surface area contributed by atoms with Crippen molar-refractivity contribution in [2.45, 2.75) is 12.8 Å². The SMILES string of the molecule is CN=C(NCCCN1C(=O)COc2ccccc21)NCCc1ccc(OC)cc1Cl.I. The Morgan fingerprint density at radius 3 is 2.74 bits per heavy atom. The summed E-state index contributed by atoms with van der Waals surface area (Å²) in [6, 6.07) is 13.3. The van der Waals surface area contributed by atoms with Crippen LogP contribution in [0.3, 0.4) is 0 Å². The summed E-state index contributed by atoms with van der Waals surface area (Å²) in [5.74, 6) is 2.19. The number of amides is 1. The van der Waals surface area contributed by atoms with Crippen molar-refractivity contribution in [2.75, 3.05) is 45.3 Å². The number of para-hydroxylation sites is 2. The Morgan fingerprint density at radius 1 is 1.23 bits per heavy atom. The summed E-state index contributed by atoms with van der Waals surface area (Å²) >= 11 is 6.29. The number of fused-ring (bicyclic) bond motifs is 1. The lowest BCUT2D eigenvalue weighted by atomic mass is 10.1. The van der Waals surface area contributed by atoms with Gasteiger partial charge in [0, 0.05) is 31.7 Å². The van der Waals surface area contributed by atoms with E-state index in [9.17, 15) is 4.79 Å². The third kappa shape index (κ3) is 6.90. The summed E-state index contributed by atoms with van der Waals surface area (Å²) in [6.07, 6.45) is 1.55. The average Bonchev–Trinajstić information content (AvgIpc) is 2.77. The van der Waals surface area contributed by atoms with Gasteiger partial charge >= 0.3 is 0 Å². The molecule has 0 spiro atoms. The van der Waals surface area contributed by atoms with Crippen LogP contribution in [0.2, 0.25) is 5.02 Å². The fraction of sp³-hybridized carbons (Fsp3) is 0.364. The van der Waals surface area contributed by atoms with Crippen molar-refractivity contribution in [1.82, 2.24) is 10.6 Å². The van der Waals surface area contributed by atoms with Crippen LogP contribution in [-0.2, 0) is 11.2 Å². The first-order valence-electron chi connectivity index (χ1n) is 9.91. The summed E-state index contributed by atoms with van der Waals surface area (Å²) in [6.45, 7) is 2.09. The van der Waals surface area contributed by atoms with Gasteiger partial charge in [0.05, 0.1) is 12.8 Å². The zero-order valence-corrected chi connectivity index (χ0v) is 20.8. The van der Waals surface area contributed by atoms with E-state index in [1.165, 1.54) is 0 Å². The van der Waals surface area contributed by atoms with E-state index in [1.807, 2.05) is 42.5 Å². The Kier molecular flexibility index (Phi) is 10.2. The van der Waals surface area contributed by atoms with E-state index >= 15 is 0 Å². The Hall–Kier alpha value is -2.20. The van der Waals surface area contributed by atoms with Gasteiger partial charge in [0.1, 0.15) is 11.5 Å². The van der Waals surface area contributed by atoms with Crippen molar-refractivity contribution < 1.29 is 14.3 Å². The highest BCUT2D eigenvalue weighted by atomic mass is 127. The topological polar surface area (TPSA) is 75.2 Å². The molecular weight excluding hydrogens is 531 g/mol. The molecule has 0 saturated heterocycles. The quantitative estimate of drug-likeness (QED) is 0.225. The molecule has 0 bridgehead atoms. The molecule has 1 heterocycles. The second kappa shape index (κ2) is 12.6. The average molecular weight is 559 g/mol. The van der Waals surface area contributed by atoms with Gasteiger partial charge < -0.3 is 25.0 Å². The number of hydrogen-bond acceptors (Lipinski definition) is 4. The fourth-order valence-corrected chi connectivity index (χ4v) is 3.50. The van der Waals surface area contributed by atoms with Crippen molar-refractivity contribution in [3.8, 4) is 11.5 Å². The molecule has 2 N–H and O–H groups in total. The maximum Gasteiger partial charge on any atom is 0.265 e. The molecule has 0 radical (unpaired) electrons. The number of methoxy groups -OCH3 is 1. The number of ether oxygens (including phenoxy) is 2. The predicted molar refractivity (Wildman–Crippen MR) is 135 cm³/mol. The Bertz CT molecular complexity index is 910. The number of halogens is 2. The standard InChI is InChI=1S/C22H27ClN4O3.HI/c1-24-22(26-12-10-16-8-9-17(29-2)14-18(16)23)25-11-5-13-27-19-6-3-4-7-20(19)30-15-21(27)28;/h3-4,6-9,14H,5,10-13,15H2,1-2H3,(H2,24,25,26);1H. The molecule has 9 heteroatoms. The van der Waals surface area contributed by atoms with Crippen molar-refractivity contribution in [2.24, 2.45) is 4.99 Å². The van der Waals surface area contributed by atoms with Crippen LogP contribution < -0.4 is 25.0 Å². The monoisotopic (exact) mass is 558 g/mol. The fourth-order valence-electron chi connectivity index (χ4n) is 3.24. The number of guanidine groups is 1. The van der Waals surface area contributed by atoms with E-state index in [4.69, 9.17) is 21.1 Å². The van der Waals surface area contributed by atoms with Gasteiger partial charge in [-0.3, -0.25) is 9.79 Å². The maximum atomic E-state index is 12.2. The number of carbonyl (C=O) groups is 1. The second-order valence-electron chi connectivity index (χ2n) is 6.79. The lowest BCUT2D eigenvalue weighted by Crippen LogP contribution is -2.42. The van der Waals surface area contributed by atoms with Gasteiger partial charge in [-0.15, -0.1) is 24.0 Å². The minimum absolute atomic E-state index is 0. The molecule has 1 aliphatic rings. The molecule has 0 fully saturated rings. The molecule has 0 saturated carbocycles. The van der Waals surface area contributed by atoms with Crippen LogP contribution in [0.25, 0.3) is 0 Å². The lowest BCUT2D eigenvalue weighted by molar-refractivity contribution is -0.121. The first-order valence-corrected chi connectivity index (χ1v) is 10.3. The molecule has 0 atom stereocenters. The Labute approximate surface area is 205 Å². The smallest absolute Gasteiger partial charge is 0.265 e. The van der Waals surface area contributed by atoms with Crippen molar-refractivity contribution in [1.29, 1.82) is 0 Å². The molecule has 3 rings (SSSR count). The van der Waals surface area contributed by atoms with Crippen LogP contribution in [0.5, 0.6) is 11.5 Å². The van der Waals surface area contributed by atoms with Crippen LogP contribution in [0, 0.1) is 0 Å². The first kappa shape index (κ1) is 25.1. The van der Waals surface area contributed by atoms with Crippen LogP contribution in [0.1, 0.15) is 12.0 Å². The van der Waals surface area contributed by atoms with Gasteiger partial charge in [-0.05, 0) is 42.7 Å². The Morgan fingerprint density at radius 2 is 2.00 bits per heavy atom. The Balaban J connectivity index is 0.00000341. The number of anilines is 1. The van der Waals surface area contributed by atoms with E-state index in [1.54, 1.807) is 19.1 Å². The predicted octanol–water partition coefficient (Wildman–Crippen LogP) is 3.49. The molecule has 0 unspecified atom stereocenters. The van der Waals surface area contributed by atoms with Crippen LogP contribution in [0.4, 0.5) is 5.69 Å². The zero-order valence-electron chi connectivity index (χ0n) is 17.7. The van der Waals surface area contributed by atoms with Crippen LogP contribution in [0.15, 0.2) is 47.5 Å². The molecule has 31 heavy (non-hydrogen) atoms. The minimum Gasteiger partial charge on any atom is -0.497 e. The number of nitrogens with one attached hydrogen (secondary N) is 2. The lowest BCUT2D eigenvalue weighted by Gasteiger charge is -2.29. The first-order chi connectivity index (χ1) is 14.6. The number of aliphatic imine (C=N–C) groups is 1. The van der Waals surface area contributed by atoms with Crippen molar-refractivity contribution in [3.63, 3.8) is 0 Å². The number of hydrogen-bond donors (Lipinski definition) is 2. The number of rotatable bonds is 8. The normalized spacial score (nSPS) is 13.1. The minimum atomic E-state index is -0.0208. The number of carbonyl (C=O) groups excluding carboxylic acids is 1. The summed E-state index contributed by atoms with van der Waals surface area (Å²) in [7, 11) is 3.35. The summed E-state index contributed by atoms with van der Waals surface area (Å²) in [5.41, 5.74) is 1.87. The van der Waals surface area contributed by atoms with Gasteiger partial charge in [-0.1, -0.05) is 29.8 Å².